The van der Waals surface area contributed by atoms with E-state index in [9.17, 15) is 4.79 Å². The molecule has 0 saturated heterocycles. The maximum atomic E-state index is 12.0. The van der Waals surface area contributed by atoms with Gasteiger partial charge in [-0.25, -0.2) is 0 Å². The molecule has 2 N–H and O–H groups in total. The first-order valence-electron chi connectivity index (χ1n) is 6.49. The van der Waals surface area contributed by atoms with Crippen LogP contribution in [-0.4, -0.2) is 29.4 Å². The number of hydrogen-bond donors (Lipinski definition) is 1. The van der Waals surface area contributed by atoms with Gasteiger partial charge in [0.1, 0.15) is 0 Å². The van der Waals surface area contributed by atoms with E-state index in [0.717, 1.165) is 6.42 Å². The summed E-state index contributed by atoms with van der Waals surface area (Å²) in [6, 6.07) is 8.15. The topological polar surface area (TPSA) is 46.3 Å². The lowest BCUT2D eigenvalue weighted by molar-refractivity contribution is -0.130. The van der Waals surface area contributed by atoms with Crippen LogP contribution >= 0.6 is 12.2 Å². The van der Waals surface area contributed by atoms with Crippen molar-refractivity contribution in [1.82, 2.24) is 4.90 Å². The molecule has 1 amide bonds. The maximum Gasteiger partial charge on any atom is 0.222 e. The third-order valence-electron chi connectivity index (χ3n) is 3.33. The fourth-order valence-corrected chi connectivity index (χ4v) is 2.00. The van der Waals surface area contributed by atoms with Gasteiger partial charge in [0, 0.05) is 25.9 Å². The van der Waals surface area contributed by atoms with E-state index in [0.29, 0.717) is 18.0 Å². The first-order valence-corrected chi connectivity index (χ1v) is 6.90. The molecule has 1 rings (SSSR count). The summed E-state index contributed by atoms with van der Waals surface area (Å²) in [5, 5.41) is 0. The molecule has 0 aliphatic heterocycles. The molecule has 104 valence electrons. The summed E-state index contributed by atoms with van der Waals surface area (Å²) in [6.07, 6.45) is 1.29. The van der Waals surface area contributed by atoms with E-state index in [2.05, 4.69) is 19.1 Å². The SMILES string of the molecule is Cc1ccccc1CCC(=O)N(C)CC(C)C(N)=S. The Morgan fingerprint density at radius 1 is 1.42 bits per heavy atom. The van der Waals surface area contributed by atoms with Crippen LogP contribution in [0.1, 0.15) is 24.5 Å². The van der Waals surface area contributed by atoms with Gasteiger partial charge in [0.05, 0.1) is 4.99 Å². The van der Waals surface area contributed by atoms with E-state index >= 15 is 0 Å². The zero-order chi connectivity index (χ0) is 14.4. The van der Waals surface area contributed by atoms with Gasteiger partial charge in [-0.1, -0.05) is 43.4 Å². The van der Waals surface area contributed by atoms with Crippen LogP contribution in [0.3, 0.4) is 0 Å². The number of aryl methyl sites for hydroxylation is 2. The van der Waals surface area contributed by atoms with Crippen molar-refractivity contribution in [3.8, 4) is 0 Å². The molecule has 3 nitrogen and oxygen atoms in total. The molecule has 0 aliphatic carbocycles. The summed E-state index contributed by atoms with van der Waals surface area (Å²) in [6.45, 7) is 4.59. The van der Waals surface area contributed by atoms with Gasteiger partial charge in [-0.15, -0.1) is 0 Å². The van der Waals surface area contributed by atoms with Crippen LogP contribution in [0.2, 0.25) is 0 Å². The summed E-state index contributed by atoms with van der Waals surface area (Å²) < 4.78 is 0. The minimum absolute atomic E-state index is 0.0578. The summed E-state index contributed by atoms with van der Waals surface area (Å²) in [5.41, 5.74) is 8.02. The number of benzene rings is 1. The molecule has 0 aromatic heterocycles. The van der Waals surface area contributed by atoms with Gasteiger partial charge in [-0.3, -0.25) is 4.79 Å². The highest BCUT2D eigenvalue weighted by atomic mass is 32.1. The predicted molar refractivity (Wildman–Crippen MR) is 83.1 cm³/mol. The lowest BCUT2D eigenvalue weighted by Crippen LogP contribution is -2.35. The zero-order valence-corrected chi connectivity index (χ0v) is 12.7. The molecule has 1 aromatic carbocycles. The minimum Gasteiger partial charge on any atom is -0.393 e. The number of nitrogens with zero attached hydrogens (tertiary/aromatic N) is 1. The number of hydrogen-bond acceptors (Lipinski definition) is 2. The van der Waals surface area contributed by atoms with Crippen molar-refractivity contribution in [2.45, 2.75) is 26.7 Å². The van der Waals surface area contributed by atoms with Crippen LogP contribution in [0.5, 0.6) is 0 Å². The number of thiocarbonyl (C=S) groups is 1. The zero-order valence-electron chi connectivity index (χ0n) is 11.8. The Morgan fingerprint density at radius 2 is 2.05 bits per heavy atom. The lowest BCUT2D eigenvalue weighted by Gasteiger charge is -2.21. The largest absolute Gasteiger partial charge is 0.393 e. The Kier molecular flexibility index (Phi) is 5.96. The van der Waals surface area contributed by atoms with Gasteiger partial charge in [0.25, 0.3) is 0 Å². The van der Waals surface area contributed by atoms with Crippen molar-refractivity contribution in [2.24, 2.45) is 11.7 Å². The molecule has 19 heavy (non-hydrogen) atoms. The highest BCUT2D eigenvalue weighted by molar-refractivity contribution is 7.80. The average molecular weight is 278 g/mol. The molecule has 1 unspecified atom stereocenters. The van der Waals surface area contributed by atoms with E-state index in [-0.39, 0.29) is 11.8 Å². The highest BCUT2D eigenvalue weighted by Crippen LogP contribution is 2.10. The number of rotatable bonds is 6. The van der Waals surface area contributed by atoms with Crippen LogP contribution in [0, 0.1) is 12.8 Å². The van der Waals surface area contributed by atoms with Crippen molar-refractivity contribution in [1.29, 1.82) is 0 Å². The van der Waals surface area contributed by atoms with Gasteiger partial charge in [0.15, 0.2) is 0 Å². The maximum absolute atomic E-state index is 12.0. The van der Waals surface area contributed by atoms with Crippen LogP contribution < -0.4 is 5.73 Å². The number of amides is 1. The molecule has 0 aliphatic rings. The van der Waals surface area contributed by atoms with Crippen molar-refractivity contribution < 1.29 is 4.79 Å². The smallest absolute Gasteiger partial charge is 0.222 e. The third-order valence-corrected chi connectivity index (χ3v) is 3.73. The second-order valence-corrected chi connectivity index (χ2v) is 5.48. The molecule has 0 radical (unpaired) electrons. The van der Waals surface area contributed by atoms with E-state index in [1.807, 2.05) is 19.1 Å². The summed E-state index contributed by atoms with van der Waals surface area (Å²) in [5.74, 6) is 0.189. The van der Waals surface area contributed by atoms with Crippen LogP contribution in [0.15, 0.2) is 24.3 Å². The van der Waals surface area contributed by atoms with Crippen LogP contribution in [0.25, 0.3) is 0 Å². The van der Waals surface area contributed by atoms with Crippen molar-refractivity contribution in [2.75, 3.05) is 13.6 Å². The van der Waals surface area contributed by atoms with Crippen molar-refractivity contribution in [3.63, 3.8) is 0 Å². The van der Waals surface area contributed by atoms with E-state index in [4.69, 9.17) is 18.0 Å². The lowest BCUT2D eigenvalue weighted by atomic mass is 10.0. The Morgan fingerprint density at radius 3 is 2.63 bits per heavy atom. The minimum atomic E-state index is 0.0578. The standard InChI is InChI=1S/C15H22N2OS/c1-11-6-4-5-7-13(11)8-9-14(18)17(3)10-12(2)15(16)19/h4-7,12H,8-10H2,1-3H3,(H2,16,19). The van der Waals surface area contributed by atoms with Crippen molar-refractivity contribution in [3.05, 3.63) is 35.4 Å². The molecule has 0 fully saturated rings. The fourth-order valence-electron chi connectivity index (χ4n) is 1.93. The first kappa shape index (κ1) is 15.6. The molecule has 1 atom stereocenters. The molecule has 4 heteroatoms. The Bertz CT molecular complexity index is 459. The van der Waals surface area contributed by atoms with Gasteiger partial charge < -0.3 is 10.6 Å². The van der Waals surface area contributed by atoms with Crippen LogP contribution in [-0.2, 0) is 11.2 Å². The summed E-state index contributed by atoms with van der Waals surface area (Å²) in [7, 11) is 1.80. The quantitative estimate of drug-likeness (QED) is 0.812. The van der Waals surface area contributed by atoms with E-state index < -0.39 is 0 Å². The number of carbonyl (C=O) groups excluding carboxylic acids is 1. The van der Waals surface area contributed by atoms with Gasteiger partial charge in [-0.2, -0.15) is 0 Å². The van der Waals surface area contributed by atoms with Gasteiger partial charge in [0.2, 0.25) is 5.91 Å². The van der Waals surface area contributed by atoms with Gasteiger partial charge in [-0.05, 0) is 24.5 Å². The molecule has 0 heterocycles. The second-order valence-electron chi connectivity index (χ2n) is 5.00. The highest BCUT2D eigenvalue weighted by Gasteiger charge is 2.14. The first-order chi connectivity index (χ1) is 8.91. The molecule has 0 bridgehead atoms. The number of nitrogens with two attached hydrogens (primary N) is 1. The summed E-state index contributed by atoms with van der Waals surface area (Å²) in [4.78, 5) is 14.2. The Hall–Kier alpha value is -1.42. The Labute approximate surface area is 120 Å². The molecular formula is C15H22N2OS. The average Bonchev–Trinajstić information content (AvgIpc) is 2.37. The number of carbonyl (C=O) groups is 1. The second kappa shape index (κ2) is 7.24. The van der Waals surface area contributed by atoms with Gasteiger partial charge >= 0.3 is 0 Å². The van der Waals surface area contributed by atoms with E-state index in [1.54, 1.807) is 11.9 Å². The fraction of sp³-hybridized carbons (Fsp3) is 0.467. The molecule has 0 saturated carbocycles. The van der Waals surface area contributed by atoms with Crippen LogP contribution in [0.4, 0.5) is 0 Å². The normalized spacial score (nSPS) is 11.9. The predicted octanol–water partition coefficient (Wildman–Crippen LogP) is 2.31. The van der Waals surface area contributed by atoms with E-state index in [1.165, 1.54) is 11.1 Å². The monoisotopic (exact) mass is 278 g/mol. The molecule has 0 spiro atoms. The van der Waals surface area contributed by atoms with Crippen molar-refractivity contribution >= 4 is 23.1 Å². The molecule has 1 aromatic rings. The Balaban J connectivity index is 2.47. The third kappa shape index (κ3) is 4.99. The molecular weight excluding hydrogens is 256 g/mol. The summed E-state index contributed by atoms with van der Waals surface area (Å²) >= 11 is 4.92.